The zero-order valence-electron chi connectivity index (χ0n) is 12.8. The van der Waals surface area contributed by atoms with Gasteiger partial charge in [0.15, 0.2) is 0 Å². The van der Waals surface area contributed by atoms with Gasteiger partial charge in [-0.15, -0.1) is 0 Å². The summed E-state index contributed by atoms with van der Waals surface area (Å²) in [6.45, 7) is 3.97. The Kier molecular flexibility index (Phi) is 2.93. The molecule has 0 aromatic carbocycles. The predicted molar refractivity (Wildman–Crippen MR) is 81.5 cm³/mol. The van der Waals surface area contributed by atoms with Crippen molar-refractivity contribution in [1.82, 2.24) is 10.2 Å². The molecule has 5 fully saturated rings. The third-order valence-corrected chi connectivity index (χ3v) is 7.57. The lowest BCUT2D eigenvalue weighted by atomic mass is 9.83. The average Bonchev–Trinajstić information content (AvgIpc) is 2.96. The van der Waals surface area contributed by atoms with E-state index >= 15 is 0 Å². The highest BCUT2D eigenvalue weighted by molar-refractivity contribution is 5.18. The van der Waals surface area contributed by atoms with E-state index in [4.69, 9.17) is 0 Å². The van der Waals surface area contributed by atoms with Crippen LogP contribution in [0.1, 0.15) is 51.4 Å². The molecular formula is C18H30N2. The van der Waals surface area contributed by atoms with Crippen LogP contribution in [-0.4, -0.2) is 36.6 Å². The molecule has 2 nitrogen and oxygen atoms in total. The van der Waals surface area contributed by atoms with Crippen LogP contribution < -0.4 is 5.32 Å². The van der Waals surface area contributed by atoms with Crippen LogP contribution in [0, 0.1) is 29.6 Å². The first-order valence-corrected chi connectivity index (χ1v) is 9.39. The lowest BCUT2D eigenvalue weighted by molar-refractivity contribution is 0.123. The molecule has 0 amide bonds. The molecule has 1 heterocycles. The van der Waals surface area contributed by atoms with Gasteiger partial charge in [0.1, 0.15) is 0 Å². The summed E-state index contributed by atoms with van der Waals surface area (Å²) in [7, 11) is 0. The van der Waals surface area contributed by atoms with E-state index in [1.165, 1.54) is 51.7 Å². The molecule has 4 aliphatic carbocycles. The minimum Gasteiger partial charge on any atom is -0.311 e. The van der Waals surface area contributed by atoms with E-state index in [0.717, 1.165) is 41.7 Å². The summed E-state index contributed by atoms with van der Waals surface area (Å²) >= 11 is 0. The van der Waals surface area contributed by atoms with Crippen LogP contribution in [0.4, 0.5) is 0 Å². The first kappa shape index (κ1) is 12.5. The van der Waals surface area contributed by atoms with Crippen molar-refractivity contribution in [2.24, 2.45) is 29.6 Å². The second-order valence-electron chi connectivity index (χ2n) is 8.43. The van der Waals surface area contributed by atoms with Crippen LogP contribution in [-0.2, 0) is 0 Å². The molecule has 0 spiro atoms. The number of hydrogen-bond acceptors (Lipinski definition) is 2. The number of fused-ring (bicyclic) bond motifs is 5. The van der Waals surface area contributed by atoms with Gasteiger partial charge in [-0.1, -0.05) is 19.3 Å². The summed E-state index contributed by atoms with van der Waals surface area (Å²) in [5.74, 6) is 5.54. The second-order valence-corrected chi connectivity index (χ2v) is 8.43. The van der Waals surface area contributed by atoms with Crippen LogP contribution in [0.25, 0.3) is 0 Å². The molecule has 0 aromatic rings. The topological polar surface area (TPSA) is 15.3 Å². The van der Waals surface area contributed by atoms with Gasteiger partial charge >= 0.3 is 0 Å². The summed E-state index contributed by atoms with van der Waals surface area (Å²) in [5.41, 5.74) is 0. The first-order chi connectivity index (χ1) is 9.92. The quantitative estimate of drug-likeness (QED) is 0.833. The van der Waals surface area contributed by atoms with Crippen molar-refractivity contribution in [3.63, 3.8) is 0 Å². The zero-order chi connectivity index (χ0) is 13.1. The van der Waals surface area contributed by atoms with Crippen molar-refractivity contribution in [2.75, 3.05) is 19.6 Å². The van der Waals surface area contributed by atoms with Gasteiger partial charge in [0.25, 0.3) is 0 Å². The molecule has 20 heavy (non-hydrogen) atoms. The highest BCUT2D eigenvalue weighted by atomic mass is 15.3. The van der Waals surface area contributed by atoms with Gasteiger partial charge in [-0.3, -0.25) is 4.90 Å². The van der Waals surface area contributed by atoms with Crippen LogP contribution in [0.3, 0.4) is 0 Å². The molecule has 5 rings (SSSR count). The van der Waals surface area contributed by atoms with E-state index in [9.17, 15) is 0 Å². The first-order valence-electron chi connectivity index (χ1n) is 9.39. The molecular weight excluding hydrogens is 244 g/mol. The van der Waals surface area contributed by atoms with Crippen LogP contribution in [0.2, 0.25) is 0 Å². The Hall–Kier alpha value is -0.0800. The Morgan fingerprint density at radius 2 is 1.55 bits per heavy atom. The normalized spacial score (nSPS) is 52.2. The van der Waals surface area contributed by atoms with Gasteiger partial charge in [-0.2, -0.15) is 0 Å². The Bertz CT molecular complexity index is 360. The molecule has 2 heteroatoms. The Balaban J connectivity index is 1.24. The number of nitrogens with one attached hydrogen (secondary N) is 1. The molecule has 1 saturated heterocycles. The summed E-state index contributed by atoms with van der Waals surface area (Å²) in [6, 6.07) is 1.84. The highest BCUT2D eigenvalue weighted by Crippen LogP contribution is 2.67. The molecule has 1 N–H and O–H groups in total. The molecule has 5 aliphatic rings. The third-order valence-electron chi connectivity index (χ3n) is 7.57. The maximum atomic E-state index is 3.86. The van der Waals surface area contributed by atoms with Crippen molar-refractivity contribution in [1.29, 1.82) is 0 Å². The number of piperazine rings is 1. The van der Waals surface area contributed by atoms with Crippen molar-refractivity contribution in [2.45, 2.75) is 63.5 Å². The average molecular weight is 274 g/mol. The van der Waals surface area contributed by atoms with Crippen molar-refractivity contribution >= 4 is 0 Å². The summed E-state index contributed by atoms with van der Waals surface area (Å²) in [6.07, 6.45) is 12.2. The molecule has 4 saturated carbocycles. The van der Waals surface area contributed by atoms with E-state index in [1.807, 2.05) is 0 Å². The number of nitrogens with zero attached hydrogens (tertiary/aromatic N) is 1. The summed E-state index contributed by atoms with van der Waals surface area (Å²) in [5, 5.41) is 3.86. The molecule has 112 valence electrons. The minimum atomic E-state index is 0.822. The fourth-order valence-corrected chi connectivity index (χ4v) is 6.69. The molecule has 1 aliphatic heterocycles. The molecule has 0 aromatic heterocycles. The van der Waals surface area contributed by atoms with Crippen molar-refractivity contribution in [3.8, 4) is 0 Å². The zero-order valence-corrected chi connectivity index (χ0v) is 12.8. The monoisotopic (exact) mass is 274 g/mol. The maximum absolute atomic E-state index is 3.86. The Morgan fingerprint density at radius 1 is 0.800 bits per heavy atom. The summed E-state index contributed by atoms with van der Waals surface area (Å²) < 4.78 is 0. The predicted octanol–water partition coefficient (Wildman–Crippen LogP) is 2.89. The van der Waals surface area contributed by atoms with E-state index in [2.05, 4.69) is 10.2 Å². The third kappa shape index (κ3) is 1.83. The maximum Gasteiger partial charge on any atom is 0.0223 e. The smallest absolute Gasteiger partial charge is 0.0223 e. The molecule has 2 bridgehead atoms. The standard InChI is InChI=1S/C18H30N2/c1-2-4-12(5-3-1)15-11-20(9-8-19-15)18-16-13-6-7-14(10-13)17(16)18/h12-19H,1-11H2. The molecule has 5 atom stereocenters. The van der Waals surface area contributed by atoms with Gasteiger partial charge < -0.3 is 5.32 Å². The van der Waals surface area contributed by atoms with Gasteiger partial charge in [-0.05, 0) is 61.7 Å². The van der Waals surface area contributed by atoms with E-state index in [0.29, 0.717) is 0 Å². The lowest BCUT2D eigenvalue weighted by Gasteiger charge is -2.40. The number of rotatable bonds is 2. The minimum absolute atomic E-state index is 0.822. The fourth-order valence-electron chi connectivity index (χ4n) is 6.69. The van der Waals surface area contributed by atoms with Crippen molar-refractivity contribution < 1.29 is 0 Å². The molecule has 0 radical (unpaired) electrons. The van der Waals surface area contributed by atoms with Crippen LogP contribution in [0.5, 0.6) is 0 Å². The second kappa shape index (κ2) is 4.71. The Labute approximate surface area is 123 Å². The van der Waals surface area contributed by atoms with E-state index < -0.39 is 0 Å². The van der Waals surface area contributed by atoms with E-state index in [-0.39, 0.29) is 0 Å². The lowest BCUT2D eigenvalue weighted by Crippen LogP contribution is -2.55. The van der Waals surface area contributed by atoms with Crippen LogP contribution >= 0.6 is 0 Å². The molecule has 5 unspecified atom stereocenters. The van der Waals surface area contributed by atoms with Crippen LogP contribution in [0.15, 0.2) is 0 Å². The number of hydrogen-bond donors (Lipinski definition) is 1. The van der Waals surface area contributed by atoms with Gasteiger partial charge in [-0.25, -0.2) is 0 Å². The van der Waals surface area contributed by atoms with Crippen molar-refractivity contribution in [3.05, 3.63) is 0 Å². The van der Waals surface area contributed by atoms with Gasteiger partial charge in [0, 0.05) is 31.7 Å². The van der Waals surface area contributed by atoms with E-state index in [1.54, 1.807) is 19.3 Å². The van der Waals surface area contributed by atoms with Gasteiger partial charge in [0.05, 0.1) is 0 Å². The Morgan fingerprint density at radius 3 is 2.30 bits per heavy atom. The highest BCUT2D eigenvalue weighted by Gasteiger charge is 2.66. The van der Waals surface area contributed by atoms with Gasteiger partial charge in [0.2, 0.25) is 0 Å². The fraction of sp³-hybridized carbons (Fsp3) is 1.00. The summed E-state index contributed by atoms with van der Waals surface area (Å²) in [4.78, 5) is 2.93. The SMILES string of the molecule is C1CCC(C2CN(C3C4C5CCC(C5)C43)CCN2)CC1. The largest absolute Gasteiger partial charge is 0.311 e.